The Morgan fingerprint density at radius 3 is 1.50 bits per heavy atom. The van der Waals surface area contributed by atoms with Gasteiger partial charge in [0.05, 0.1) is 33.7 Å². The van der Waals surface area contributed by atoms with Gasteiger partial charge in [-0.2, -0.15) is 0 Å². The van der Waals surface area contributed by atoms with E-state index in [1.165, 1.54) is 28.4 Å². The molecule has 0 aliphatic heterocycles. The summed E-state index contributed by atoms with van der Waals surface area (Å²) in [6, 6.07) is 13.5. The summed E-state index contributed by atoms with van der Waals surface area (Å²) in [6.45, 7) is 8.61. The molecule has 8 heteroatoms. The Labute approximate surface area is 238 Å². The van der Waals surface area contributed by atoms with Crippen LogP contribution in [0.4, 0.5) is 0 Å². The van der Waals surface area contributed by atoms with Gasteiger partial charge in [-0.25, -0.2) is 0 Å². The van der Waals surface area contributed by atoms with Crippen LogP contribution in [0.1, 0.15) is 71.5 Å². The average Bonchev–Trinajstić information content (AvgIpc) is 2.93. The lowest BCUT2D eigenvalue weighted by atomic mass is 9.80. The van der Waals surface area contributed by atoms with E-state index in [1.807, 2.05) is 0 Å². The van der Waals surface area contributed by atoms with Gasteiger partial charge in [0.25, 0.3) is 0 Å². The zero-order valence-electron chi connectivity index (χ0n) is 24.4. The normalized spacial score (nSPS) is 12.1. The molecular weight excluding hydrogens is 527 g/mol. The van der Waals surface area contributed by atoms with Gasteiger partial charge in [-0.3, -0.25) is 14.2 Å². The van der Waals surface area contributed by atoms with E-state index in [0.717, 1.165) is 6.42 Å². The number of hydrogen-bond donors (Lipinski definition) is 0. The van der Waals surface area contributed by atoms with Crippen LogP contribution in [-0.2, 0) is 11.0 Å². The summed E-state index contributed by atoms with van der Waals surface area (Å²) in [6.07, 6.45) is 1.42. The first-order chi connectivity index (χ1) is 19.0. The highest BCUT2D eigenvalue weighted by Crippen LogP contribution is 2.37. The fraction of sp³-hybridized carbons (Fsp3) is 0.375. The molecule has 0 N–H and O–H groups in total. The zero-order valence-corrected chi connectivity index (χ0v) is 25.3. The van der Waals surface area contributed by atoms with E-state index in [0.29, 0.717) is 23.5 Å². The van der Waals surface area contributed by atoms with Gasteiger partial charge in [0.1, 0.15) is 34.1 Å². The molecule has 0 saturated carbocycles. The van der Waals surface area contributed by atoms with E-state index in [4.69, 9.17) is 18.9 Å². The third-order valence-corrected chi connectivity index (χ3v) is 7.23. The minimum absolute atomic E-state index is 0.0258. The lowest BCUT2D eigenvalue weighted by Gasteiger charge is -2.25. The summed E-state index contributed by atoms with van der Waals surface area (Å²) in [5.41, 5.74) is 1.22. The molecule has 0 spiro atoms. The number of benzene rings is 3. The Balaban J connectivity index is 2.41. The molecule has 0 aliphatic rings. The van der Waals surface area contributed by atoms with Gasteiger partial charge in [-0.05, 0) is 60.1 Å². The molecule has 1 unspecified atom stereocenters. The maximum atomic E-state index is 14.5. The van der Waals surface area contributed by atoms with Crippen LogP contribution < -0.4 is 24.3 Å². The monoisotopic (exact) mass is 564 g/mol. The second-order valence-electron chi connectivity index (χ2n) is 10.9. The predicted octanol–water partition coefficient (Wildman–Crippen LogP) is 6.71. The first-order valence-electron chi connectivity index (χ1n) is 13.0. The van der Waals surface area contributed by atoms with E-state index in [1.54, 1.807) is 48.5 Å². The van der Waals surface area contributed by atoms with Crippen molar-refractivity contribution in [1.82, 2.24) is 0 Å². The van der Waals surface area contributed by atoms with Crippen LogP contribution in [-0.4, -0.2) is 40.0 Å². The lowest BCUT2D eigenvalue weighted by Crippen LogP contribution is -2.23. The number of carbonyl (C=O) groups excluding carboxylic acids is 2. The zero-order chi connectivity index (χ0) is 29.6. The summed E-state index contributed by atoms with van der Waals surface area (Å²) in [7, 11) is 5.43. The van der Waals surface area contributed by atoms with Gasteiger partial charge < -0.3 is 18.9 Å². The number of hydrogen-bond acceptors (Lipinski definition) is 7. The summed E-state index contributed by atoms with van der Waals surface area (Å²) in [5, 5.41) is 0.183. The maximum Gasteiger partial charge on any atom is 0.202 e. The van der Waals surface area contributed by atoms with Crippen LogP contribution in [0.5, 0.6) is 23.0 Å². The quantitative estimate of drug-likeness (QED) is 0.178. The Kier molecular flexibility index (Phi) is 10.1. The van der Waals surface area contributed by atoms with Crippen LogP contribution in [0.2, 0.25) is 0 Å². The Hall–Kier alpha value is -3.70. The molecule has 0 aliphatic carbocycles. The molecule has 1 atom stereocenters. The lowest BCUT2D eigenvalue weighted by molar-refractivity contribution is 0.0996. The molecule has 0 radical (unpaired) electrons. The van der Waals surface area contributed by atoms with Crippen molar-refractivity contribution >= 4 is 25.3 Å². The minimum Gasteiger partial charge on any atom is -0.496 e. The van der Waals surface area contributed by atoms with Gasteiger partial charge in [0, 0.05) is 11.1 Å². The summed E-state index contributed by atoms with van der Waals surface area (Å²) < 4.78 is 34.6. The fourth-order valence-electron chi connectivity index (χ4n) is 5.26. The van der Waals surface area contributed by atoms with Crippen LogP contribution in [0.25, 0.3) is 0 Å². The molecule has 0 amide bonds. The highest BCUT2D eigenvalue weighted by Gasteiger charge is 2.33. The maximum absolute atomic E-state index is 14.5. The van der Waals surface area contributed by atoms with Crippen LogP contribution in [0.15, 0.2) is 48.5 Å². The number of carbonyl (C=O) groups is 2. The van der Waals surface area contributed by atoms with Crippen molar-refractivity contribution < 1.29 is 33.1 Å². The van der Waals surface area contributed by atoms with Crippen molar-refractivity contribution in [2.24, 2.45) is 11.3 Å². The summed E-state index contributed by atoms with van der Waals surface area (Å²) in [5.74, 6) is 0.346. The molecular formula is C32H37O7P. The summed E-state index contributed by atoms with van der Waals surface area (Å²) >= 11 is 0. The van der Waals surface area contributed by atoms with Crippen LogP contribution in [0.3, 0.4) is 0 Å². The van der Waals surface area contributed by atoms with Crippen LogP contribution >= 0.6 is 8.46 Å². The molecule has 0 heterocycles. The number of methoxy groups -OCH3 is 4. The third kappa shape index (κ3) is 6.53. The van der Waals surface area contributed by atoms with Gasteiger partial charge in [-0.15, -0.1) is 0 Å². The van der Waals surface area contributed by atoms with Crippen molar-refractivity contribution in [3.63, 3.8) is 0 Å². The molecule has 212 valence electrons. The SMILES string of the molecule is COc1cccc(OC)c1C(=O)c1c(CC(C)CC(C)(C)C)ccc(P=O)c1C(=O)c1c(OC)cccc1OC. The summed E-state index contributed by atoms with van der Waals surface area (Å²) in [4.78, 5) is 28.9. The topological polar surface area (TPSA) is 88.1 Å². The second-order valence-corrected chi connectivity index (χ2v) is 11.6. The van der Waals surface area contributed by atoms with E-state index >= 15 is 0 Å². The van der Waals surface area contributed by atoms with E-state index in [9.17, 15) is 14.2 Å². The van der Waals surface area contributed by atoms with Crippen molar-refractivity contribution in [3.05, 3.63) is 76.3 Å². The van der Waals surface area contributed by atoms with Crippen molar-refractivity contribution in [1.29, 1.82) is 0 Å². The first kappa shape index (κ1) is 30.8. The fourth-order valence-corrected chi connectivity index (χ4v) is 5.70. The standard InChI is InChI=1S/C32H37O7P/c1-19(18-32(2,3)4)17-20-15-16-25(40-35)29(31(34)28-23(38-7)13-10-14-24(28)39-8)26(20)30(33)27-21(36-5)11-9-12-22(27)37-6/h9-16,19H,17-18H2,1-8H3. The molecule has 40 heavy (non-hydrogen) atoms. The van der Waals surface area contributed by atoms with Gasteiger partial charge >= 0.3 is 0 Å². The molecule has 3 aromatic carbocycles. The number of ketones is 2. The molecule has 0 saturated heterocycles. The van der Waals surface area contributed by atoms with E-state index < -0.39 is 20.0 Å². The Morgan fingerprint density at radius 2 is 1.12 bits per heavy atom. The molecule has 3 rings (SSSR count). The van der Waals surface area contributed by atoms with E-state index in [-0.39, 0.29) is 50.4 Å². The molecule has 0 bridgehead atoms. The largest absolute Gasteiger partial charge is 0.496 e. The number of rotatable bonds is 12. The van der Waals surface area contributed by atoms with Crippen LogP contribution in [0, 0.1) is 11.3 Å². The van der Waals surface area contributed by atoms with Crippen molar-refractivity contribution in [3.8, 4) is 23.0 Å². The highest BCUT2D eigenvalue weighted by molar-refractivity contribution is 7.34. The van der Waals surface area contributed by atoms with E-state index in [2.05, 4.69) is 27.7 Å². The number of ether oxygens (including phenoxy) is 4. The molecule has 7 nitrogen and oxygen atoms in total. The smallest absolute Gasteiger partial charge is 0.202 e. The van der Waals surface area contributed by atoms with Gasteiger partial charge in [0.2, 0.25) is 11.6 Å². The van der Waals surface area contributed by atoms with Gasteiger partial charge in [0.15, 0.2) is 8.46 Å². The third-order valence-electron chi connectivity index (χ3n) is 6.66. The molecule has 0 fully saturated rings. The Morgan fingerprint density at radius 1 is 0.700 bits per heavy atom. The average molecular weight is 565 g/mol. The highest BCUT2D eigenvalue weighted by atomic mass is 31.1. The predicted molar refractivity (Wildman–Crippen MR) is 157 cm³/mol. The Bertz CT molecular complexity index is 1360. The van der Waals surface area contributed by atoms with Crippen molar-refractivity contribution in [2.45, 2.75) is 40.5 Å². The molecule has 3 aromatic rings. The molecule has 0 aromatic heterocycles. The van der Waals surface area contributed by atoms with Crippen molar-refractivity contribution in [2.75, 3.05) is 28.4 Å². The minimum atomic E-state index is -0.532. The van der Waals surface area contributed by atoms with Gasteiger partial charge in [-0.1, -0.05) is 45.9 Å². The second kappa shape index (κ2) is 13.1. The first-order valence-corrected chi connectivity index (χ1v) is 13.8.